The minimum atomic E-state index is 0.935. The average molecular weight is 215 g/mol. The Bertz CT molecular complexity index is 517. The second-order valence-electron chi connectivity index (χ2n) is 4.16. The van der Waals surface area contributed by atoms with E-state index in [1.807, 2.05) is 6.07 Å². The molecule has 0 aliphatic carbocycles. The minimum Gasteiger partial charge on any atom is -0.496 e. The van der Waals surface area contributed by atoms with E-state index in [0.29, 0.717) is 0 Å². The largest absolute Gasteiger partial charge is 0.496 e. The highest BCUT2D eigenvalue weighted by atomic mass is 16.5. The summed E-state index contributed by atoms with van der Waals surface area (Å²) in [5.74, 6) is 0.935. The summed E-state index contributed by atoms with van der Waals surface area (Å²) < 4.78 is 5.45. The van der Waals surface area contributed by atoms with E-state index in [1.54, 1.807) is 7.11 Å². The second kappa shape index (κ2) is 4.05. The minimum absolute atomic E-state index is 0.935. The van der Waals surface area contributed by atoms with Crippen molar-refractivity contribution in [1.29, 1.82) is 0 Å². The van der Waals surface area contributed by atoms with E-state index >= 15 is 0 Å². The van der Waals surface area contributed by atoms with Crippen molar-refractivity contribution in [3.8, 4) is 5.75 Å². The summed E-state index contributed by atoms with van der Waals surface area (Å²) in [7, 11) is 5.82. The quantitative estimate of drug-likeness (QED) is 0.762. The highest BCUT2D eigenvalue weighted by molar-refractivity contribution is 5.95. The van der Waals surface area contributed by atoms with Gasteiger partial charge in [-0.15, -0.1) is 0 Å². The summed E-state index contributed by atoms with van der Waals surface area (Å²) in [6.45, 7) is 2.15. The van der Waals surface area contributed by atoms with Crippen LogP contribution in [0, 0.1) is 6.92 Å². The number of ether oxygens (including phenoxy) is 1. The van der Waals surface area contributed by atoms with Crippen molar-refractivity contribution in [2.45, 2.75) is 6.92 Å². The summed E-state index contributed by atoms with van der Waals surface area (Å²) in [6, 6.07) is 10.4. The van der Waals surface area contributed by atoms with Crippen LogP contribution in [0.2, 0.25) is 0 Å². The molecule has 0 spiro atoms. The molecule has 0 bridgehead atoms. The lowest BCUT2D eigenvalue weighted by atomic mass is 10.0. The number of hydrogen-bond donors (Lipinski definition) is 0. The van der Waals surface area contributed by atoms with Crippen molar-refractivity contribution in [2.24, 2.45) is 0 Å². The van der Waals surface area contributed by atoms with E-state index in [0.717, 1.165) is 5.75 Å². The molecule has 0 amide bonds. The monoisotopic (exact) mass is 215 g/mol. The van der Waals surface area contributed by atoms with Crippen LogP contribution in [0.1, 0.15) is 5.56 Å². The number of hydrogen-bond acceptors (Lipinski definition) is 2. The zero-order valence-electron chi connectivity index (χ0n) is 10.2. The van der Waals surface area contributed by atoms with Gasteiger partial charge in [0.1, 0.15) is 5.75 Å². The Morgan fingerprint density at radius 3 is 2.25 bits per heavy atom. The third-order valence-corrected chi connectivity index (χ3v) is 2.95. The van der Waals surface area contributed by atoms with Gasteiger partial charge >= 0.3 is 0 Å². The van der Waals surface area contributed by atoms with E-state index in [2.05, 4.69) is 50.2 Å². The SMILES string of the molecule is COc1cc(N(C)C)c(C)c2ccccc12. The zero-order valence-corrected chi connectivity index (χ0v) is 10.2. The molecular weight excluding hydrogens is 198 g/mol. The standard InChI is InChI=1S/C14H17NO/c1-10-11-7-5-6-8-12(11)14(16-4)9-13(10)15(2)3/h5-9H,1-4H3. The highest BCUT2D eigenvalue weighted by Crippen LogP contribution is 2.34. The van der Waals surface area contributed by atoms with Crippen LogP contribution < -0.4 is 9.64 Å². The Kier molecular flexibility index (Phi) is 2.73. The Hall–Kier alpha value is -1.70. The molecule has 2 nitrogen and oxygen atoms in total. The molecule has 0 fully saturated rings. The fourth-order valence-corrected chi connectivity index (χ4v) is 2.11. The molecule has 84 valence electrons. The third-order valence-electron chi connectivity index (χ3n) is 2.95. The molecule has 0 aromatic heterocycles. The van der Waals surface area contributed by atoms with Crippen molar-refractivity contribution in [3.05, 3.63) is 35.9 Å². The smallest absolute Gasteiger partial charge is 0.128 e. The molecule has 2 aromatic rings. The van der Waals surface area contributed by atoms with Gasteiger partial charge in [-0.2, -0.15) is 0 Å². The molecule has 0 heterocycles. The van der Waals surface area contributed by atoms with Crippen LogP contribution in [0.3, 0.4) is 0 Å². The van der Waals surface area contributed by atoms with Gasteiger partial charge in [0.25, 0.3) is 0 Å². The van der Waals surface area contributed by atoms with Crippen molar-refractivity contribution in [3.63, 3.8) is 0 Å². The summed E-state index contributed by atoms with van der Waals surface area (Å²) in [6.07, 6.45) is 0. The summed E-state index contributed by atoms with van der Waals surface area (Å²) in [4.78, 5) is 2.12. The van der Waals surface area contributed by atoms with Crippen LogP contribution in [-0.2, 0) is 0 Å². The van der Waals surface area contributed by atoms with E-state index < -0.39 is 0 Å². The van der Waals surface area contributed by atoms with E-state index in [4.69, 9.17) is 4.74 Å². The number of nitrogens with zero attached hydrogens (tertiary/aromatic N) is 1. The molecule has 0 saturated carbocycles. The van der Waals surface area contributed by atoms with E-state index in [-0.39, 0.29) is 0 Å². The lowest BCUT2D eigenvalue weighted by Crippen LogP contribution is -2.10. The molecule has 0 saturated heterocycles. The summed E-state index contributed by atoms with van der Waals surface area (Å²) in [5.41, 5.74) is 2.50. The number of aryl methyl sites for hydroxylation is 1. The topological polar surface area (TPSA) is 12.5 Å². The van der Waals surface area contributed by atoms with Crippen LogP contribution in [-0.4, -0.2) is 21.2 Å². The lowest BCUT2D eigenvalue weighted by molar-refractivity contribution is 0.420. The number of benzene rings is 2. The van der Waals surface area contributed by atoms with Crippen LogP contribution in [0.5, 0.6) is 5.75 Å². The second-order valence-corrected chi connectivity index (χ2v) is 4.16. The van der Waals surface area contributed by atoms with Gasteiger partial charge < -0.3 is 9.64 Å². The molecule has 2 heteroatoms. The molecular formula is C14H17NO. The molecule has 16 heavy (non-hydrogen) atoms. The maximum absolute atomic E-state index is 5.45. The molecule has 0 aliphatic heterocycles. The Morgan fingerprint density at radius 2 is 1.69 bits per heavy atom. The molecule has 0 N–H and O–H groups in total. The number of rotatable bonds is 2. The van der Waals surface area contributed by atoms with E-state index in [9.17, 15) is 0 Å². The zero-order chi connectivity index (χ0) is 11.7. The van der Waals surface area contributed by atoms with Crippen LogP contribution in [0.15, 0.2) is 30.3 Å². The van der Waals surface area contributed by atoms with Gasteiger partial charge in [-0.1, -0.05) is 24.3 Å². The lowest BCUT2D eigenvalue weighted by Gasteiger charge is -2.19. The van der Waals surface area contributed by atoms with Crippen LogP contribution in [0.25, 0.3) is 10.8 Å². The number of methoxy groups -OCH3 is 1. The molecule has 0 aliphatic rings. The maximum atomic E-state index is 5.45. The first-order valence-electron chi connectivity index (χ1n) is 5.39. The highest BCUT2D eigenvalue weighted by Gasteiger charge is 2.09. The van der Waals surface area contributed by atoms with Gasteiger partial charge in [0.15, 0.2) is 0 Å². The van der Waals surface area contributed by atoms with Gasteiger partial charge in [0.05, 0.1) is 7.11 Å². The van der Waals surface area contributed by atoms with Crippen molar-refractivity contribution in [2.75, 3.05) is 26.1 Å². The Labute approximate surface area is 96.4 Å². The van der Waals surface area contributed by atoms with Crippen LogP contribution in [0.4, 0.5) is 5.69 Å². The number of anilines is 1. The fraction of sp³-hybridized carbons (Fsp3) is 0.286. The Morgan fingerprint density at radius 1 is 1.06 bits per heavy atom. The summed E-state index contributed by atoms with van der Waals surface area (Å²) in [5, 5.41) is 2.43. The Balaban J connectivity index is 2.83. The fourth-order valence-electron chi connectivity index (χ4n) is 2.11. The molecule has 2 aromatic carbocycles. The van der Waals surface area contributed by atoms with Gasteiger partial charge in [-0.05, 0) is 17.9 Å². The molecule has 0 atom stereocenters. The van der Waals surface area contributed by atoms with Crippen LogP contribution >= 0.6 is 0 Å². The first kappa shape index (κ1) is 10.8. The van der Waals surface area contributed by atoms with Gasteiger partial charge in [-0.25, -0.2) is 0 Å². The molecule has 0 unspecified atom stereocenters. The van der Waals surface area contributed by atoms with Crippen molar-refractivity contribution >= 4 is 16.5 Å². The first-order valence-corrected chi connectivity index (χ1v) is 5.39. The van der Waals surface area contributed by atoms with Gasteiger partial charge in [0.2, 0.25) is 0 Å². The predicted molar refractivity (Wildman–Crippen MR) is 69.6 cm³/mol. The molecule has 0 radical (unpaired) electrons. The average Bonchev–Trinajstić information content (AvgIpc) is 2.29. The number of fused-ring (bicyclic) bond motifs is 1. The van der Waals surface area contributed by atoms with Gasteiger partial charge in [0, 0.05) is 31.2 Å². The van der Waals surface area contributed by atoms with E-state index in [1.165, 1.54) is 22.0 Å². The predicted octanol–water partition coefficient (Wildman–Crippen LogP) is 3.22. The van der Waals surface area contributed by atoms with Gasteiger partial charge in [-0.3, -0.25) is 0 Å². The normalized spacial score (nSPS) is 10.5. The van der Waals surface area contributed by atoms with Crippen molar-refractivity contribution < 1.29 is 4.74 Å². The first-order chi connectivity index (χ1) is 7.65. The summed E-state index contributed by atoms with van der Waals surface area (Å²) >= 11 is 0. The maximum Gasteiger partial charge on any atom is 0.128 e. The molecule has 2 rings (SSSR count). The van der Waals surface area contributed by atoms with Crippen molar-refractivity contribution in [1.82, 2.24) is 0 Å². The third kappa shape index (κ3) is 1.60.